The van der Waals surface area contributed by atoms with Gasteiger partial charge in [0.25, 0.3) is 5.91 Å². The molecule has 0 heterocycles. The van der Waals surface area contributed by atoms with E-state index in [2.05, 4.69) is 18.3 Å². The number of rotatable bonds is 4. The van der Waals surface area contributed by atoms with E-state index in [0.717, 1.165) is 5.57 Å². The summed E-state index contributed by atoms with van der Waals surface area (Å²) in [5, 5.41) is 0. The van der Waals surface area contributed by atoms with Crippen molar-refractivity contribution in [3.8, 4) is 0 Å². The van der Waals surface area contributed by atoms with E-state index in [9.17, 15) is 4.79 Å². The summed E-state index contributed by atoms with van der Waals surface area (Å²) in [5.74, 6) is -0.116. The summed E-state index contributed by atoms with van der Waals surface area (Å²) in [6, 6.07) is 0. The Morgan fingerprint density at radius 2 is 2.15 bits per heavy atom. The molecule has 0 fully saturated rings. The number of hydrogen-bond acceptors (Lipinski definition) is 2. The molecule has 0 aliphatic heterocycles. The molecule has 0 aliphatic rings. The first-order valence-corrected chi connectivity index (χ1v) is 4.14. The van der Waals surface area contributed by atoms with Gasteiger partial charge in [0.1, 0.15) is 5.70 Å². The number of nitrogens with zero attached hydrogens (tertiary/aromatic N) is 2. The summed E-state index contributed by atoms with van der Waals surface area (Å²) >= 11 is 0. The molecule has 0 radical (unpaired) electrons. The number of allylic oxidation sites excluding steroid dienone is 2. The fraction of sp³-hybridized carbons (Fsp3) is 0.400. The van der Waals surface area contributed by atoms with Crippen LogP contribution < -0.4 is 0 Å². The second kappa shape index (κ2) is 5.30. The molecular formula is C10H16N2O. The van der Waals surface area contributed by atoms with Crippen LogP contribution in [0.3, 0.4) is 0 Å². The lowest BCUT2D eigenvalue weighted by Gasteiger charge is -2.15. The molecule has 0 saturated carbocycles. The normalized spacial score (nSPS) is 11.6. The van der Waals surface area contributed by atoms with Gasteiger partial charge in [0.05, 0.1) is 0 Å². The summed E-state index contributed by atoms with van der Waals surface area (Å²) in [7, 11) is 1.73. The van der Waals surface area contributed by atoms with E-state index in [1.807, 2.05) is 6.92 Å². The largest absolute Gasteiger partial charge is 0.341 e. The van der Waals surface area contributed by atoms with Gasteiger partial charge in [-0.1, -0.05) is 12.7 Å². The van der Waals surface area contributed by atoms with E-state index in [-0.39, 0.29) is 5.91 Å². The predicted octanol–water partition coefficient (Wildman–Crippen LogP) is 1.63. The summed E-state index contributed by atoms with van der Waals surface area (Å²) in [4.78, 5) is 16.9. The molecule has 0 saturated heterocycles. The standard InChI is InChI=1S/C10H16N2O/c1-6-8(3)9(11-4)10(13)12(5)7-2/h6H,1,4,7H2,2-3,5H3/b9-8-. The molecule has 0 unspecified atom stereocenters. The van der Waals surface area contributed by atoms with Crippen LogP contribution in [0, 0.1) is 0 Å². The average Bonchev–Trinajstić information content (AvgIpc) is 2.17. The Hall–Kier alpha value is -1.38. The minimum atomic E-state index is -0.116. The van der Waals surface area contributed by atoms with Gasteiger partial charge in [-0.3, -0.25) is 9.79 Å². The summed E-state index contributed by atoms with van der Waals surface area (Å²) in [6.45, 7) is 11.3. The van der Waals surface area contributed by atoms with Gasteiger partial charge < -0.3 is 4.90 Å². The Labute approximate surface area is 79.5 Å². The topological polar surface area (TPSA) is 32.7 Å². The molecule has 0 aromatic rings. The molecule has 0 aliphatic carbocycles. The molecule has 0 rings (SSSR count). The van der Waals surface area contributed by atoms with Crippen molar-refractivity contribution >= 4 is 12.6 Å². The Balaban J connectivity index is 4.90. The van der Waals surface area contributed by atoms with Crippen LogP contribution in [0.1, 0.15) is 13.8 Å². The molecule has 0 spiro atoms. The molecule has 72 valence electrons. The molecular weight excluding hydrogens is 164 g/mol. The molecule has 3 nitrogen and oxygen atoms in total. The van der Waals surface area contributed by atoms with Crippen LogP contribution in [-0.4, -0.2) is 31.1 Å². The number of likely N-dealkylation sites (N-methyl/N-ethyl adjacent to an activating group) is 1. The highest BCUT2D eigenvalue weighted by Crippen LogP contribution is 2.08. The van der Waals surface area contributed by atoms with Gasteiger partial charge in [0.15, 0.2) is 0 Å². The molecule has 0 bridgehead atoms. The zero-order chi connectivity index (χ0) is 10.4. The van der Waals surface area contributed by atoms with Gasteiger partial charge in [-0.25, -0.2) is 0 Å². The zero-order valence-corrected chi connectivity index (χ0v) is 8.50. The van der Waals surface area contributed by atoms with Crippen molar-refractivity contribution in [3.63, 3.8) is 0 Å². The average molecular weight is 180 g/mol. The van der Waals surface area contributed by atoms with Crippen LogP contribution in [0.4, 0.5) is 0 Å². The van der Waals surface area contributed by atoms with Gasteiger partial charge in [0, 0.05) is 13.6 Å². The van der Waals surface area contributed by atoms with Crippen molar-refractivity contribution in [2.75, 3.05) is 13.6 Å². The van der Waals surface area contributed by atoms with Crippen LogP contribution in [0.15, 0.2) is 28.9 Å². The van der Waals surface area contributed by atoms with Crippen molar-refractivity contribution in [2.45, 2.75) is 13.8 Å². The predicted molar refractivity (Wildman–Crippen MR) is 55.8 cm³/mol. The van der Waals surface area contributed by atoms with Crippen LogP contribution >= 0.6 is 0 Å². The molecule has 0 N–H and O–H groups in total. The van der Waals surface area contributed by atoms with Crippen molar-refractivity contribution in [3.05, 3.63) is 23.9 Å². The van der Waals surface area contributed by atoms with Gasteiger partial charge >= 0.3 is 0 Å². The molecule has 1 amide bonds. The first-order chi connectivity index (χ1) is 6.08. The Bertz CT molecular complexity index is 254. The van der Waals surface area contributed by atoms with Crippen LogP contribution in [0.25, 0.3) is 0 Å². The van der Waals surface area contributed by atoms with Gasteiger partial charge in [-0.05, 0) is 26.1 Å². The fourth-order valence-corrected chi connectivity index (χ4v) is 0.782. The van der Waals surface area contributed by atoms with Crippen molar-refractivity contribution in [1.29, 1.82) is 0 Å². The highest BCUT2D eigenvalue weighted by atomic mass is 16.2. The lowest BCUT2D eigenvalue weighted by atomic mass is 10.2. The van der Waals surface area contributed by atoms with Crippen LogP contribution in [0.5, 0.6) is 0 Å². The van der Waals surface area contributed by atoms with Crippen LogP contribution in [-0.2, 0) is 4.79 Å². The van der Waals surface area contributed by atoms with E-state index in [1.165, 1.54) is 0 Å². The lowest BCUT2D eigenvalue weighted by molar-refractivity contribution is -0.125. The smallest absolute Gasteiger partial charge is 0.272 e. The quantitative estimate of drug-likeness (QED) is 0.367. The minimum absolute atomic E-state index is 0.116. The lowest BCUT2D eigenvalue weighted by Crippen LogP contribution is -2.27. The van der Waals surface area contributed by atoms with Crippen molar-refractivity contribution in [1.82, 2.24) is 4.90 Å². The summed E-state index contributed by atoms with van der Waals surface area (Å²) in [6.07, 6.45) is 1.60. The van der Waals surface area contributed by atoms with Crippen LogP contribution in [0.2, 0.25) is 0 Å². The Kier molecular flexibility index (Phi) is 4.74. The summed E-state index contributed by atoms with van der Waals surface area (Å²) < 4.78 is 0. The number of hydrogen-bond donors (Lipinski definition) is 0. The third-order valence-electron chi connectivity index (χ3n) is 1.86. The second-order valence-corrected chi connectivity index (χ2v) is 2.71. The van der Waals surface area contributed by atoms with E-state index < -0.39 is 0 Å². The molecule has 0 atom stereocenters. The number of carbonyl (C=O) groups is 1. The number of aliphatic imine (C=N–C) groups is 1. The number of amides is 1. The maximum absolute atomic E-state index is 11.6. The van der Waals surface area contributed by atoms with Crippen molar-refractivity contribution in [2.24, 2.45) is 4.99 Å². The highest BCUT2D eigenvalue weighted by molar-refractivity contribution is 5.94. The SMILES string of the molecule is C=C/C(C)=C(\N=C)C(=O)N(C)CC. The fourth-order valence-electron chi connectivity index (χ4n) is 0.782. The summed E-state index contributed by atoms with van der Waals surface area (Å²) in [5.41, 5.74) is 1.12. The third-order valence-corrected chi connectivity index (χ3v) is 1.86. The minimum Gasteiger partial charge on any atom is -0.341 e. The van der Waals surface area contributed by atoms with E-state index >= 15 is 0 Å². The van der Waals surface area contributed by atoms with E-state index in [0.29, 0.717) is 12.2 Å². The van der Waals surface area contributed by atoms with E-state index in [1.54, 1.807) is 24.9 Å². The molecule has 3 heteroatoms. The van der Waals surface area contributed by atoms with Gasteiger partial charge in [-0.15, -0.1) is 0 Å². The second-order valence-electron chi connectivity index (χ2n) is 2.71. The molecule has 0 aromatic heterocycles. The van der Waals surface area contributed by atoms with E-state index in [4.69, 9.17) is 0 Å². The third kappa shape index (κ3) is 2.86. The van der Waals surface area contributed by atoms with Crippen molar-refractivity contribution < 1.29 is 4.79 Å². The highest BCUT2D eigenvalue weighted by Gasteiger charge is 2.13. The first kappa shape index (κ1) is 11.6. The molecule has 13 heavy (non-hydrogen) atoms. The monoisotopic (exact) mass is 180 g/mol. The zero-order valence-electron chi connectivity index (χ0n) is 8.50. The maximum atomic E-state index is 11.6. The Morgan fingerprint density at radius 1 is 1.62 bits per heavy atom. The first-order valence-electron chi connectivity index (χ1n) is 4.14. The number of carbonyl (C=O) groups excluding carboxylic acids is 1. The maximum Gasteiger partial charge on any atom is 0.272 e. The van der Waals surface area contributed by atoms with Gasteiger partial charge in [-0.2, -0.15) is 0 Å². The van der Waals surface area contributed by atoms with Gasteiger partial charge in [0.2, 0.25) is 0 Å². The Morgan fingerprint density at radius 3 is 2.46 bits per heavy atom. The molecule has 0 aromatic carbocycles.